The standard InChI is InChI=1S/C12H12ClN3O2/c13-8-3-1-7(2-4-8)11-15-12(18-16-11)10-5-9(17)6-14-10/h1-4,9-10,14,17H,5-6H2/t9-,10+/m1/s1. The second kappa shape index (κ2) is 4.68. The second-order valence-electron chi connectivity index (χ2n) is 4.31. The first kappa shape index (κ1) is 11.6. The van der Waals surface area contributed by atoms with E-state index in [0.717, 1.165) is 5.56 Å². The second-order valence-corrected chi connectivity index (χ2v) is 4.75. The Kier molecular flexibility index (Phi) is 3.03. The molecule has 18 heavy (non-hydrogen) atoms. The molecule has 6 heteroatoms. The summed E-state index contributed by atoms with van der Waals surface area (Å²) in [5.74, 6) is 1.04. The van der Waals surface area contributed by atoms with Gasteiger partial charge < -0.3 is 14.9 Å². The van der Waals surface area contributed by atoms with Crippen molar-refractivity contribution in [3.8, 4) is 11.4 Å². The molecule has 0 saturated carbocycles. The Morgan fingerprint density at radius 1 is 1.33 bits per heavy atom. The molecule has 1 aromatic carbocycles. The molecular weight excluding hydrogens is 254 g/mol. The van der Waals surface area contributed by atoms with Crippen LogP contribution in [0.3, 0.4) is 0 Å². The van der Waals surface area contributed by atoms with Crippen molar-refractivity contribution in [2.24, 2.45) is 0 Å². The molecule has 0 unspecified atom stereocenters. The predicted octanol–water partition coefficient (Wildman–Crippen LogP) is 1.79. The summed E-state index contributed by atoms with van der Waals surface area (Å²) in [5, 5.41) is 17.2. The van der Waals surface area contributed by atoms with Gasteiger partial charge in [-0.25, -0.2) is 0 Å². The van der Waals surface area contributed by atoms with E-state index in [1.54, 1.807) is 12.1 Å². The molecule has 0 radical (unpaired) electrons. The molecule has 2 N–H and O–H groups in total. The lowest BCUT2D eigenvalue weighted by Crippen LogP contribution is -2.15. The van der Waals surface area contributed by atoms with E-state index in [2.05, 4.69) is 15.5 Å². The molecule has 2 atom stereocenters. The number of aliphatic hydroxyl groups is 1. The van der Waals surface area contributed by atoms with Gasteiger partial charge in [0.15, 0.2) is 0 Å². The lowest BCUT2D eigenvalue weighted by molar-refractivity contribution is 0.191. The van der Waals surface area contributed by atoms with Crippen molar-refractivity contribution >= 4 is 11.6 Å². The number of aromatic nitrogens is 2. The molecule has 1 aliphatic rings. The third-order valence-corrected chi connectivity index (χ3v) is 3.20. The van der Waals surface area contributed by atoms with Crippen molar-refractivity contribution in [1.82, 2.24) is 15.5 Å². The molecule has 2 aromatic rings. The highest BCUT2D eigenvalue weighted by Crippen LogP contribution is 2.25. The van der Waals surface area contributed by atoms with Crippen molar-refractivity contribution in [1.29, 1.82) is 0 Å². The summed E-state index contributed by atoms with van der Waals surface area (Å²) in [6.45, 7) is 0.559. The van der Waals surface area contributed by atoms with E-state index in [4.69, 9.17) is 16.1 Å². The van der Waals surface area contributed by atoms with Crippen LogP contribution in [0, 0.1) is 0 Å². The van der Waals surface area contributed by atoms with Gasteiger partial charge in [0.1, 0.15) is 0 Å². The number of nitrogens with zero attached hydrogens (tertiary/aromatic N) is 2. The number of halogens is 1. The molecule has 3 rings (SSSR count). The van der Waals surface area contributed by atoms with Crippen LogP contribution in [-0.2, 0) is 0 Å². The fourth-order valence-corrected chi connectivity index (χ4v) is 2.12. The van der Waals surface area contributed by atoms with Crippen molar-refractivity contribution in [3.05, 3.63) is 35.2 Å². The van der Waals surface area contributed by atoms with Gasteiger partial charge in [0, 0.05) is 17.1 Å². The van der Waals surface area contributed by atoms with Crippen LogP contribution < -0.4 is 5.32 Å². The first-order valence-electron chi connectivity index (χ1n) is 5.73. The van der Waals surface area contributed by atoms with Gasteiger partial charge in [-0.1, -0.05) is 16.8 Å². The Hall–Kier alpha value is -1.43. The van der Waals surface area contributed by atoms with E-state index in [9.17, 15) is 5.11 Å². The molecule has 0 amide bonds. The molecule has 0 aliphatic carbocycles. The van der Waals surface area contributed by atoms with Gasteiger partial charge in [-0.3, -0.25) is 0 Å². The SMILES string of the molecule is O[C@H]1CN[C@H](c2nc(-c3ccc(Cl)cc3)no2)C1. The molecule has 94 valence electrons. The number of β-amino-alcohol motifs (C(OH)–C–C–N with tert-alkyl or cyclic N) is 1. The maximum Gasteiger partial charge on any atom is 0.244 e. The maximum absolute atomic E-state index is 9.45. The number of hydrogen-bond donors (Lipinski definition) is 2. The van der Waals surface area contributed by atoms with Crippen LogP contribution in [0.5, 0.6) is 0 Å². The van der Waals surface area contributed by atoms with Gasteiger partial charge in [0.2, 0.25) is 11.7 Å². The van der Waals surface area contributed by atoms with E-state index in [0.29, 0.717) is 29.7 Å². The molecule has 1 aromatic heterocycles. The van der Waals surface area contributed by atoms with Gasteiger partial charge >= 0.3 is 0 Å². The minimum absolute atomic E-state index is 0.0615. The fraction of sp³-hybridized carbons (Fsp3) is 0.333. The Labute approximate surface area is 109 Å². The van der Waals surface area contributed by atoms with E-state index in [-0.39, 0.29) is 12.1 Å². The van der Waals surface area contributed by atoms with Crippen molar-refractivity contribution < 1.29 is 9.63 Å². The zero-order chi connectivity index (χ0) is 12.5. The summed E-state index contributed by atoms with van der Waals surface area (Å²) in [6.07, 6.45) is 0.253. The minimum atomic E-state index is -0.346. The summed E-state index contributed by atoms with van der Waals surface area (Å²) >= 11 is 5.82. The van der Waals surface area contributed by atoms with Crippen LogP contribution in [0.4, 0.5) is 0 Å². The summed E-state index contributed by atoms with van der Waals surface area (Å²) in [7, 11) is 0. The van der Waals surface area contributed by atoms with E-state index >= 15 is 0 Å². The fourth-order valence-electron chi connectivity index (χ4n) is 2.00. The van der Waals surface area contributed by atoms with Crippen LogP contribution in [-0.4, -0.2) is 27.9 Å². The lowest BCUT2D eigenvalue weighted by atomic mass is 10.2. The number of hydrogen-bond acceptors (Lipinski definition) is 5. The summed E-state index contributed by atoms with van der Waals surface area (Å²) in [6, 6.07) is 7.19. The molecule has 2 heterocycles. The van der Waals surface area contributed by atoms with Crippen LogP contribution in [0.25, 0.3) is 11.4 Å². The Bertz CT molecular complexity index is 541. The van der Waals surface area contributed by atoms with Crippen molar-refractivity contribution in [2.45, 2.75) is 18.6 Å². The number of rotatable bonds is 2. The molecule has 1 aliphatic heterocycles. The van der Waals surface area contributed by atoms with Gasteiger partial charge in [-0.2, -0.15) is 4.98 Å². The number of benzene rings is 1. The maximum atomic E-state index is 9.45. The normalized spacial score (nSPS) is 23.4. The lowest BCUT2D eigenvalue weighted by Gasteiger charge is -2.01. The van der Waals surface area contributed by atoms with Crippen LogP contribution in [0.2, 0.25) is 5.02 Å². The zero-order valence-corrected chi connectivity index (χ0v) is 10.3. The third kappa shape index (κ3) is 2.25. The monoisotopic (exact) mass is 265 g/mol. The molecule has 0 bridgehead atoms. The van der Waals surface area contributed by atoms with E-state index < -0.39 is 0 Å². The molecule has 0 spiro atoms. The molecule has 1 fully saturated rings. The predicted molar refractivity (Wildman–Crippen MR) is 66.1 cm³/mol. The molecule has 5 nitrogen and oxygen atoms in total. The summed E-state index contributed by atoms with van der Waals surface area (Å²) < 4.78 is 5.21. The summed E-state index contributed by atoms with van der Waals surface area (Å²) in [5.41, 5.74) is 0.855. The highest BCUT2D eigenvalue weighted by molar-refractivity contribution is 6.30. The van der Waals surface area contributed by atoms with Gasteiger partial charge in [-0.05, 0) is 30.7 Å². The number of nitrogens with one attached hydrogen (secondary N) is 1. The Morgan fingerprint density at radius 2 is 2.11 bits per heavy atom. The third-order valence-electron chi connectivity index (χ3n) is 2.95. The molecular formula is C12H12ClN3O2. The van der Waals surface area contributed by atoms with Crippen LogP contribution in [0.1, 0.15) is 18.4 Å². The van der Waals surface area contributed by atoms with E-state index in [1.165, 1.54) is 0 Å². The van der Waals surface area contributed by atoms with Crippen LogP contribution >= 0.6 is 11.6 Å². The van der Waals surface area contributed by atoms with Crippen LogP contribution in [0.15, 0.2) is 28.8 Å². The number of aliphatic hydroxyl groups excluding tert-OH is 1. The smallest absolute Gasteiger partial charge is 0.244 e. The highest BCUT2D eigenvalue weighted by Gasteiger charge is 2.28. The Balaban J connectivity index is 1.83. The minimum Gasteiger partial charge on any atom is -0.392 e. The highest BCUT2D eigenvalue weighted by atomic mass is 35.5. The van der Waals surface area contributed by atoms with Crippen molar-refractivity contribution in [2.75, 3.05) is 6.54 Å². The zero-order valence-electron chi connectivity index (χ0n) is 9.51. The van der Waals surface area contributed by atoms with Gasteiger partial charge in [0.05, 0.1) is 12.1 Å². The van der Waals surface area contributed by atoms with E-state index in [1.807, 2.05) is 12.1 Å². The van der Waals surface area contributed by atoms with Gasteiger partial charge in [0.25, 0.3) is 0 Å². The first-order chi connectivity index (χ1) is 8.72. The van der Waals surface area contributed by atoms with Gasteiger partial charge in [-0.15, -0.1) is 0 Å². The van der Waals surface area contributed by atoms with Crippen molar-refractivity contribution in [3.63, 3.8) is 0 Å². The molecule has 1 saturated heterocycles. The Morgan fingerprint density at radius 3 is 2.78 bits per heavy atom. The topological polar surface area (TPSA) is 71.2 Å². The first-order valence-corrected chi connectivity index (χ1v) is 6.11. The quantitative estimate of drug-likeness (QED) is 0.866. The summed E-state index contributed by atoms with van der Waals surface area (Å²) in [4.78, 5) is 4.33. The average molecular weight is 266 g/mol. The largest absolute Gasteiger partial charge is 0.392 e. The average Bonchev–Trinajstić information content (AvgIpc) is 2.98.